The minimum absolute atomic E-state index is 0.634. The summed E-state index contributed by atoms with van der Waals surface area (Å²) in [5, 5.41) is 3.96. The van der Waals surface area contributed by atoms with E-state index in [1.54, 1.807) is 20.3 Å². The van der Waals surface area contributed by atoms with Crippen LogP contribution >= 0.6 is 11.6 Å². The molecule has 0 aliphatic rings. The van der Waals surface area contributed by atoms with Crippen LogP contribution in [0.4, 0.5) is 5.69 Å². The van der Waals surface area contributed by atoms with Gasteiger partial charge in [-0.15, -0.1) is 0 Å². The molecule has 0 unspecified atom stereocenters. The van der Waals surface area contributed by atoms with Crippen molar-refractivity contribution in [2.45, 2.75) is 6.42 Å². The first-order chi connectivity index (χ1) is 8.77. The first kappa shape index (κ1) is 15.1. The molecule has 0 heterocycles. The third-order valence-electron chi connectivity index (χ3n) is 2.37. The highest BCUT2D eigenvalue weighted by Crippen LogP contribution is 2.27. The molecular weight excluding hydrogens is 254 g/mol. The van der Waals surface area contributed by atoms with Crippen LogP contribution in [0, 0.1) is 0 Å². The summed E-state index contributed by atoms with van der Waals surface area (Å²) in [5.74, 6) is 0.791. The zero-order valence-electron chi connectivity index (χ0n) is 10.9. The number of ether oxygens (including phenoxy) is 3. The number of nitrogens with one attached hydrogen (secondary N) is 1. The smallest absolute Gasteiger partial charge is 0.142 e. The van der Waals surface area contributed by atoms with E-state index in [4.69, 9.17) is 25.8 Å². The Balaban J connectivity index is 2.24. The Kier molecular flexibility index (Phi) is 7.57. The van der Waals surface area contributed by atoms with E-state index in [1.807, 2.05) is 12.1 Å². The van der Waals surface area contributed by atoms with Crippen molar-refractivity contribution in [2.24, 2.45) is 0 Å². The molecular formula is C13H20ClNO3. The number of benzene rings is 1. The van der Waals surface area contributed by atoms with Gasteiger partial charge in [0.1, 0.15) is 5.75 Å². The van der Waals surface area contributed by atoms with Gasteiger partial charge in [0.05, 0.1) is 26.0 Å². The average molecular weight is 274 g/mol. The molecule has 1 aromatic carbocycles. The van der Waals surface area contributed by atoms with E-state index in [0.717, 1.165) is 24.4 Å². The van der Waals surface area contributed by atoms with Gasteiger partial charge in [0.2, 0.25) is 0 Å². The van der Waals surface area contributed by atoms with E-state index in [9.17, 15) is 0 Å². The molecule has 1 rings (SSSR count). The van der Waals surface area contributed by atoms with Crippen LogP contribution in [0.2, 0.25) is 5.02 Å². The van der Waals surface area contributed by atoms with Crippen LogP contribution in [-0.4, -0.2) is 40.6 Å². The van der Waals surface area contributed by atoms with Crippen LogP contribution in [0.25, 0.3) is 0 Å². The average Bonchev–Trinajstić information content (AvgIpc) is 2.38. The molecule has 102 valence electrons. The SMILES string of the molecule is COCCOCCCNc1cc(Cl)ccc1OC. The number of halogens is 1. The van der Waals surface area contributed by atoms with Gasteiger partial charge < -0.3 is 19.5 Å². The molecule has 0 aromatic heterocycles. The molecule has 0 atom stereocenters. The second kappa shape index (κ2) is 9.03. The fourth-order valence-electron chi connectivity index (χ4n) is 1.46. The molecule has 0 saturated heterocycles. The maximum atomic E-state index is 5.94. The lowest BCUT2D eigenvalue weighted by Gasteiger charge is -2.11. The van der Waals surface area contributed by atoms with Gasteiger partial charge in [-0.2, -0.15) is 0 Å². The summed E-state index contributed by atoms with van der Waals surface area (Å²) in [6.45, 7) is 2.79. The van der Waals surface area contributed by atoms with Gasteiger partial charge in [-0.1, -0.05) is 11.6 Å². The van der Waals surface area contributed by atoms with Gasteiger partial charge in [0.15, 0.2) is 0 Å². The lowest BCUT2D eigenvalue weighted by Crippen LogP contribution is -2.08. The molecule has 0 radical (unpaired) electrons. The molecule has 1 N–H and O–H groups in total. The number of rotatable bonds is 9. The first-order valence-electron chi connectivity index (χ1n) is 5.92. The number of hydrogen-bond donors (Lipinski definition) is 1. The fourth-order valence-corrected chi connectivity index (χ4v) is 1.63. The first-order valence-corrected chi connectivity index (χ1v) is 6.30. The van der Waals surface area contributed by atoms with Crippen LogP contribution in [0.5, 0.6) is 5.75 Å². The summed E-state index contributed by atoms with van der Waals surface area (Å²) >= 11 is 5.94. The maximum Gasteiger partial charge on any atom is 0.142 e. The van der Waals surface area contributed by atoms with Crippen LogP contribution in [0.15, 0.2) is 18.2 Å². The van der Waals surface area contributed by atoms with Crippen molar-refractivity contribution in [2.75, 3.05) is 45.9 Å². The van der Waals surface area contributed by atoms with Crippen molar-refractivity contribution >= 4 is 17.3 Å². The van der Waals surface area contributed by atoms with Crippen molar-refractivity contribution < 1.29 is 14.2 Å². The Labute approximate surface area is 113 Å². The molecule has 0 saturated carbocycles. The van der Waals surface area contributed by atoms with Crippen molar-refractivity contribution in [3.8, 4) is 5.75 Å². The van der Waals surface area contributed by atoms with Gasteiger partial charge in [0.25, 0.3) is 0 Å². The lowest BCUT2D eigenvalue weighted by molar-refractivity contribution is 0.0705. The van der Waals surface area contributed by atoms with E-state index < -0.39 is 0 Å². The van der Waals surface area contributed by atoms with Crippen molar-refractivity contribution in [3.63, 3.8) is 0 Å². The molecule has 0 aliphatic heterocycles. The predicted octanol–water partition coefficient (Wildman–Crippen LogP) is 2.81. The molecule has 0 fully saturated rings. The molecule has 0 amide bonds. The highest BCUT2D eigenvalue weighted by molar-refractivity contribution is 6.30. The summed E-state index contributed by atoms with van der Waals surface area (Å²) in [6.07, 6.45) is 0.916. The summed E-state index contributed by atoms with van der Waals surface area (Å²) < 4.78 is 15.5. The molecule has 4 nitrogen and oxygen atoms in total. The Morgan fingerprint density at radius 3 is 2.72 bits per heavy atom. The predicted molar refractivity (Wildman–Crippen MR) is 73.8 cm³/mol. The standard InChI is InChI=1S/C13H20ClNO3/c1-16-8-9-18-7-3-6-15-12-10-11(14)4-5-13(12)17-2/h4-5,10,15H,3,6-9H2,1-2H3. The largest absolute Gasteiger partial charge is 0.495 e. The minimum Gasteiger partial charge on any atom is -0.495 e. The van der Waals surface area contributed by atoms with Gasteiger partial charge in [-0.3, -0.25) is 0 Å². The van der Waals surface area contributed by atoms with Crippen molar-refractivity contribution in [1.29, 1.82) is 0 Å². The number of anilines is 1. The Morgan fingerprint density at radius 2 is 2.00 bits per heavy atom. The van der Waals surface area contributed by atoms with Crippen LogP contribution in [-0.2, 0) is 9.47 Å². The molecule has 1 aromatic rings. The molecule has 18 heavy (non-hydrogen) atoms. The topological polar surface area (TPSA) is 39.7 Å². The molecule has 0 aliphatic carbocycles. The highest BCUT2D eigenvalue weighted by Gasteiger charge is 2.02. The van der Waals surface area contributed by atoms with Crippen LogP contribution < -0.4 is 10.1 Å². The van der Waals surface area contributed by atoms with E-state index in [-0.39, 0.29) is 0 Å². The Hall–Kier alpha value is -0.970. The van der Waals surface area contributed by atoms with Crippen molar-refractivity contribution in [1.82, 2.24) is 0 Å². The van der Waals surface area contributed by atoms with Gasteiger partial charge in [-0.25, -0.2) is 0 Å². The quantitative estimate of drug-likeness (QED) is 0.703. The molecule has 5 heteroatoms. The Morgan fingerprint density at radius 1 is 1.17 bits per heavy atom. The summed E-state index contributed by atoms with van der Waals surface area (Å²) in [6, 6.07) is 5.51. The van der Waals surface area contributed by atoms with Crippen LogP contribution in [0.3, 0.4) is 0 Å². The normalized spacial score (nSPS) is 10.4. The number of methoxy groups -OCH3 is 2. The minimum atomic E-state index is 0.634. The van der Waals surface area contributed by atoms with E-state index in [1.165, 1.54) is 0 Å². The van der Waals surface area contributed by atoms with E-state index in [2.05, 4.69) is 5.32 Å². The third-order valence-corrected chi connectivity index (χ3v) is 2.61. The molecule has 0 bridgehead atoms. The zero-order valence-corrected chi connectivity index (χ0v) is 11.6. The fraction of sp³-hybridized carbons (Fsp3) is 0.538. The second-order valence-corrected chi connectivity index (χ2v) is 4.17. The summed E-state index contributed by atoms with van der Waals surface area (Å²) in [4.78, 5) is 0. The molecule has 0 spiro atoms. The number of hydrogen-bond acceptors (Lipinski definition) is 4. The van der Waals surface area contributed by atoms with Gasteiger partial charge in [-0.05, 0) is 24.6 Å². The summed E-state index contributed by atoms with van der Waals surface area (Å²) in [5.41, 5.74) is 0.905. The maximum absolute atomic E-state index is 5.94. The van der Waals surface area contributed by atoms with E-state index in [0.29, 0.717) is 24.8 Å². The zero-order chi connectivity index (χ0) is 13.2. The highest BCUT2D eigenvalue weighted by atomic mass is 35.5. The second-order valence-electron chi connectivity index (χ2n) is 3.73. The lowest BCUT2D eigenvalue weighted by atomic mass is 10.3. The van der Waals surface area contributed by atoms with E-state index >= 15 is 0 Å². The van der Waals surface area contributed by atoms with Crippen molar-refractivity contribution in [3.05, 3.63) is 23.2 Å². The Bertz CT molecular complexity index is 347. The third kappa shape index (κ3) is 5.58. The van der Waals surface area contributed by atoms with Gasteiger partial charge >= 0.3 is 0 Å². The monoisotopic (exact) mass is 273 g/mol. The summed E-state index contributed by atoms with van der Waals surface area (Å²) in [7, 11) is 3.30. The van der Waals surface area contributed by atoms with Gasteiger partial charge in [0, 0.05) is 25.3 Å². The van der Waals surface area contributed by atoms with Crippen LogP contribution in [0.1, 0.15) is 6.42 Å².